The second-order valence-electron chi connectivity index (χ2n) is 3.29. The second kappa shape index (κ2) is 4.21. The van der Waals surface area contributed by atoms with Crippen molar-refractivity contribution in [1.82, 2.24) is 4.98 Å². The molecule has 0 saturated carbocycles. The van der Waals surface area contributed by atoms with Crippen LogP contribution < -0.4 is 4.74 Å². The van der Waals surface area contributed by atoms with Crippen molar-refractivity contribution in [2.45, 2.75) is 12.3 Å². The molecule has 0 N–H and O–H groups in total. The summed E-state index contributed by atoms with van der Waals surface area (Å²) in [5, 5.41) is 0. The largest absolute Gasteiger partial charge is 0.469 e. The maximum absolute atomic E-state index is 12.3. The lowest BCUT2D eigenvalue weighted by molar-refractivity contribution is -0.138. The van der Waals surface area contributed by atoms with Crippen molar-refractivity contribution in [3.63, 3.8) is 0 Å². The number of nitrogens with zero attached hydrogens (tertiary/aromatic N) is 1. The Morgan fingerprint density at radius 3 is 2.56 bits per heavy atom. The minimum Gasteiger partial charge on any atom is -0.469 e. The van der Waals surface area contributed by atoms with E-state index in [1.165, 1.54) is 0 Å². The molecule has 0 amide bonds. The van der Waals surface area contributed by atoms with E-state index in [0.29, 0.717) is 13.2 Å². The van der Waals surface area contributed by atoms with Crippen LogP contribution in [-0.4, -0.2) is 24.3 Å². The van der Waals surface area contributed by atoms with Crippen molar-refractivity contribution in [2.24, 2.45) is 0 Å². The molecule has 1 aliphatic heterocycles. The van der Waals surface area contributed by atoms with Gasteiger partial charge in [0.15, 0.2) is 0 Å². The van der Waals surface area contributed by atoms with Gasteiger partial charge in [0.05, 0.1) is 23.2 Å². The van der Waals surface area contributed by atoms with Gasteiger partial charge < -0.3 is 9.47 Å². The number of ether oxygens (including phenoxy) is 2. The van der Waals surface area contributed by atoms with Gasteiger partial charge in [-0.3, -0.25) is 0 Å². The Labute approximate surface area is 97.7 Å². The molecule has 2 rings (SSSR count). The van der Waals surface area contributed by atoms with Crippen LogP contribution in [0.15, 0.2) is 16.7 Å². The summed E-state index contributed by atoms with van der Waals surface area (Å²) in [6.45, 7) is 0.879. The van der Waals surface area contributed by atoms with Crippen LogP contribution in [0.5, 0.6) is 5.88 Å². The van der Waals surface area contributed by atoms with E-state index in [1.54, 1.807) is 0 Å². The van der Waals surface area contributed by atoms with Crippen LogP contribution in [0, 0.1) is 0 Å². The van der Waals surface area contributed by atoms with Gasteiger partial charge in [0, 0.05) is 6.20 Å². The lowest BCUT2D eigenvalue weighted by Gasteiger charge is -2.26. The molecule has 88 valence electrons. The van der Waals surface area contributed by atoms with Gasteiger partial charge in [-0.05, 0) is 22.0 Å². The van der Waals surface area contributed by atoms with Crippen LogP contribution in [0.4, 0.5) is 13.2 Å². The van der Waals surface area contributed by atoms with E-state index in [9.17, 15) is 13.2 Å². The van der Waals surface area contributed by atoms with Crippen LogP contribution in [0.25, 0.3) is 0 Å². The Hall–Kier alpha value is -0.820. The number of alkyl halides is 3. The average molecular weight is 298 g/mol. The van der Waals surface area contributed by atoms with Gasteiger partial charge in [0.2, 0.25) is 5.88 Å². The molecule has 1 fully saturated rings. The normalized spacial score (nSPS) is 17.0. The minimum absolute atomic E-state index is 0.125. The highest BCUT2D eigenvalue weighted by atomic mass is 79.9. The molecule has 0 unspecified atom stereocenters. The standard InChI is InChI=1S/C9H7BrF3NO2/c10-7-1-5(9(11,12)13)2-14-8(7)16-6-3-15-4-6/h1-2,6H,3-4H2. The first-order valence-electron chi connectivity index (χ1n) is 4.44. The smallest absolute Gasteiger partial charge is 0.417 e. The van der Waals surface area contributed by atoms with Crippen molar-refractivity contribution < 1.29 is 22.6 Å². The maximum Gasteiger partial charge on any atom is 0.417 e. The number of pyridine rings is 1. The van der Waals surface area contributed by atoms with Gasteiger partial charge in [-0.2, -0.15) is 13.2 Å². The molecule has 0 bridgehead atoms. The predicted molar refractivity (Wildman–Crippen MR) is 52.2 cm³/mol. The fourth-order valence-corrected chi connectivity index (χ4v) is 1.55. The first-order chi connectivity index (χ1) is 7.47. The summed E-state index contributed by atoms with van der Waals surface area (Å²) < 4.78 is 47.3. The highest BCUT2D eigenvalue weighted by Gasteiger charge is 2.32. The van der Waals surface area contributed by atoms with E-state index in [4.69, 9.17) is 9.47 Å². The summed E-state index contributed by atoms with van der Waals surface area (Å²) in [5.74, 6) is 0.154. The van der Waals surface area contributed by atoms with Crippen LogP contribution in [0.1, 0.15) is 5.56 Å². The van der Waals surface area contributed by atoms with Crippen LogP contribution in [0.3, 0.4) is 0 Å². The number of hydrogen-bond donors (Lipinski definition) is 0. The van der Waals surface area contributed by atoms with Crippen molar-refractivity contribution in [2.75, 3.05) is 13.2 Å². The third-order valence-electron chi connectivity index (χ3n) is 2.02. The monoisotopic (exact) mass is 297 g/mol. The average Bonchev–Trinajstić information content (AvgIpc) is 2.11. The van der Waals surface area contributed by atoms with E-state index < -0.39 is 11.7 Å². The first kappa shape index (κ1) is 11.7. The number of rotatable bonds is 2. The van der Waals surface area contributed by atoms with Gasteiger partial charge in [-0.1, -0.05) is 0 Å². The zero-order valence-corrected chi connectivity index (χ0v) is 9.51. The molecule has 1 aromatic heterocycles. The Kier molecular flexibility index (Phi) is 3.07. The van der Waals surface area contributed by atoms with Gasteiger partial charge in [-0.25, -0.2) is 4.98 Å². The third-order valence-corrected chi connectivity index (χ3v) is 2.59. The van der Waals surface area contributed by atoms with E-state index in [1.807, 2.05) is 0 Å². The number of aromatic nitrogens is 1. The molecule has 0 radical (unpaired) electrons. The summed E-state index contributed by atoms with van der Waals surface area (Å²) in [6.07, 6.45) is -3.77. The van der Waals surface area contributed by atoms with Crippen molar-refractivity contribution in [3.8, 4) is 5.88 Å². The minimum atomic E-state index is -4.40. The quantitative estimate of drug-likeness (QED) is 0.841. The summed E-state index contributed by atoms with van der Waals surface area (Å²) in [5.41, 5.74) is -0.809. The van der Waals surface area contributed by atoms with Crippen LogP contribution >= 0.6 is 15.9 Å². The fraction of sp³-hybridized carbons (Fsp3) is 0.444. The SMILES string of the molecule is FC(F)(F)c1cnc(OC2COC2)c(Br)c1. The third kappa shape index (κ3) is 2.46. The van der Waals surface area contributed by atoms with Crippen LogP contribution in [-0.2, 0) is 10.9 Å². The van der Waals surface area contributed by atoms with Crippen molar-refractivity contribution in [3.05, 3.63) is 22.3 Å². The van der Waals surface area contributed by atoms with Gasteiger partial charge >= 0.3 is 6.18 Å². The van der Waals surface area contributed by atoms with Crippen molar-refractivity contribution >= 4 is 15.9 Å². The molecule has 1 saturated heterocycles. The van der Waals surface area contributed by atoms with Crippen LogP contribution in [0.2, 0.25) is 0 Å². The van der Waals surface area contributed by atoms with Gasteiger partial charge in [-0.15, -0.1) is 0 Å². The highest BCUT2D eigenvalue weighted by Crippen LogP contribution is 2.33. The summed E-state index contributed by atoms with van der Waals surface area (Å²) in [6, 6.07) is 0.946. The molecular formula is C9H7BrF3NO2. The first-order valence-corrected chi connectivity index (χ1v) is 5.23. The second-order valence-corrected chi connectivity index (χ2v) is 4.14. The Bertz CT molecular complexity index is 393. The molecule has 0 aromatic carbocycles. The molecule has 16 heavy (non-hydrogen) atoms. The zero-order valence-electron chi connectivity index (χ0n) is 7.92. The van der Waals surface area contributed by atoms with Gasteiger partial charge in [0.25, 0.3) is 0 Å². The van der Waals surface area contributed by atoms with E-state index in [2.05, 4.69) is 20.9 Å². The summed E-state index contributed by atoms with van der Waals surface area (Å²) in [4.78, 5) is 3.62. The molecule has 1 aromatic rings. The highest BCUT2D eigenvalue weighted by molar-refractivity contribution is 9.10. The molecule has 3 nitrogen and oxygen atoms in total. The maximum atomic E-state index is 12.3. The van der Waals surface area contributed by atoms with Crippen molar-refractivity contribution in [1.29, 1.82) is 0 Å². The molecular weight excluding hydrogens is 291 g/mol. The molecule has 2 heterocycles. The Balaban J connectivity index is 2.15. The van der Waals surface area contributed by atoms with E-state index >= 15 is 0 Å². The molecule has 1 aliphatic rings. The predicted octanol–water partition coefficient (Wildman–Crippen LogP) is 2.64. The van der Waals surface area contributed by atoms with Gasteiger partial charge in [0.1, 0.15) is 6.10 Å². The zero-order chi connectivity index (χ0) is 11.8. The Morgan fingerprint density at radius 1 is 1.44 bits per heavy atom. The fourth-order valence-electron chi connectivity index (χ4n) is 1.11. The topological polar surface area (TPSA) is 31.4 Å². The van der Waals surface area contributed by atoms with E-state index in [0.717, 1.165) is 12.3 Å². The molecule has 0 aliphatic carbocycles. The molecule has 0 atom stereocenters. The number of halogens is 4. The summed E-state index contributed by atoms with van der Waals surface area (Å²) in [7, 11) is 0. The summed E-state index contributed by atoms with van der Waals surface area (Å²) >= 11 is 2.99. The van der Waals surface area contributed by atoms with E-state index in [-0.39, 0.29) is 16.5 Å². The lowest BCUT2D eigenvalue weighted by atomic mass is 10.3. The lowest BCUT2D eigenvalue weighted by Crippen LogP contribution is -2.38. The number of hydrogen-bond acceptors (Lipinski definition) is 3. The molecule has 0 spiro atoms. The molecule has 7 heteroatoms. The Morgan fingerprint density at radius 2 is 2.12 bits per heavy atom.